The van der Waals surface area contributed by atoms with Crippen molar-refractivity contribution in [2.75, 3.05) is 0 Å². The van der Waals surface area contributed by atoms with Crippen LogP contribution in [0.25, 0.3) is 0 Å². The lowest BCUT2D eigenvalue weighted by atomic mass is 9.66. The predicted molar refractivity (Wildman–Crippen MR) is 66.9 cm³/mol. The lowest BCUT2D eigenvalue weighted by Gasteiger charge is -2.40. The largest absolute Gasteiger partial charge is 0.392 e. The van der Waals surface area contributed by atoms with Gasteiger partial charge in [0.15, 0.2) is 0 Å². The molecule has 0 bridgehead atoms. The van der Waals surface area contributed by atoms with Crippen LogP contribution in [0.15, 0.2) is 0 Å². The fraction of sp³-hybridized carbons (Fsp3) is 0.867. The first-order valence-corrected chi connectivity index (χ1v) is 6.89. The molecular formula is C15H24O. The van der Waals surface area contributed by atoms with Gasteiger partial charge in [0.1, 0.15) is 0 Å². The second-order valence-electron chi connectivity index (χ2n) is 5.58. The normalized spacial score (nSPS) is 35.8. The molecule has 4 atom stereocenters. The second kappa shape index (κ2) is 5.73. The average molecular weight is 220 g/mol. The van der Waals surface area contributed by atoms with Crippen molar-refractivity contribution in [1.29, 1.82) is 0 Å². The van der Waals surface area contributed by atoms with Crippen LogP contribution >= 0.6 is 0 Å². The summed E-state index contributed by atoms with van der Waals surface area (Å²) in [5.74, 6) is 8.32. The van der Waals surface area contributed by atoms with E-state index in [1.165, 1.54) is 44.9 Å². The Kier molecular flexibility index (Phi) is 4.29. The van der Waals surface area contributed by atoms with Gasteiger partial charge in [0.25, 0.3) is 0 Å². The van der Waals surface area contributed by atoms with Crippen molar-refractivity contribution in [1.82, 2.24) is 0 Å². The van der Waals surface area contributed by atoms with Gasteiger partial charge in [-0.15, -0.1) is 11.8 Å². The van der Waals surface area contributed by atoms with Gasteiger partial charge in [-0.2, -0.15) is 0 Å². The summed E-state index contributed by atoms with van der Waals surface area (Å²) in [6.45, 7) is 1.85. The van der Waals surface area contributed by atoms with Crippen LogP contribution in [0.4, 0.5) is 0 Å². The average Bonchev–Trinajstić information content (AvgIpc) is 2.35. The van der Waals surface area contributed by atoms with Crippen LogP contribution in [0.2, 0.25) is 0 Å². The van der Waals surface area contributed by atoms with Gasteiger partial charge >= 0.3 is 0 Å². The molecule has 0 saturated heterocycles. The molecule has 2 fully saturated rings. The standard InChI is InChI=1S/C15H24O/c1-2-3-8-15(16)14-10-9-12-6-4-5-7-13(12)11-14/h12-16H,4-11H2,1H3. The third kappa shape index (κ3) is 2.80. The molecule has 4 unspecified atom stereocenters. The van der Waals surface area contributed by atoms with Gasteiger partial charge in [0, 0.05) is 6.42 Å². The molecule has 0 aromatic carbocycles. The van der Waals surface area contributed by atoms with Gasteiger partial charge in [0.05, 0.1) is 6.10 Å². The fourth-order valence-corrected chi connectivity index (χ4v) is 3.63. The van der Waals surface area contributed by atoms with E-state index in [4.69, 9.17) is 0 Å². The predicted octanol–water partition coefficient (Wildman–Crippen LogP) is 3.37. The molecular weight excluding hydrogens is 196 g/mol. The molecule has 1 N–H and O–H groups in total. The number of hydrogen-bond donors (Lipinski definition) is 1. The highest BCUT2D eigenvalue weighted by Crippen LogP contribution is 2.43. The van der Waals surface area contributed by atoms with Crippen molar-refractivity contribution in [3.63, 3.8) is 0 Å². The molecule has 1 nitrogen and oxygen atoms in total. The maximum absolute atomic E-state index is 10.1. The quantitative estimate of drug-likeness (QED) is 0.707. The van der Waals surface area contributed by atoms with Crippen molar-refractivity contribution in [3.05, 3.63) is 0 Å². The maximum Gasteiger partial charge on any atom is 0.0677 e. The zero-order chi connectivity index (χ0) is 11.4. The lowest BCUT2D eigenvalue weighted by Crippen LogP contribution is -2.33. The molecule has 0 aliphatic heterocycles. The third-order valence-corrected chi connectivity index (χ3v) is 4.61. The molecule has 90 valence electrons. The monoisotopic (exact) mass is 220 g/mol. The van der Waals surface area contributed by atoms with E-state index in [2.05, 4.69) is 11.8 Å². The Labute approximate surface area is 99.6 Å². The Bertz CT molecular complexity index is 273. The minimum absolute atomic E-state index is 0.171. The number of hydrogen-bond acceptors (Lipinski definition) is 1. The highest BCUT2D eigenvalue weighted by Gasteiger charge is 2.34. The van der Waals surface area contributed by atoms with E-state index in [0.29, 0.717) is 12.3 Å². The van der Waals surface area contributed by atoms with Crippen LogP contribution in [0.3, 0.4) is 0 Å². The molecule has 2 saturated carbocycles. The van der Waals surface area contributed by atoms with Crippen molar-refractivity contribution < 1.29 is 5.11 Å². The van der Waals surface area contributed by atoms with E-state index in [1.807, 2.05) is 6.92 Å². The first kappa shape index (κ1) is 12.0. The van der Waals surface area contributed by atoms with Gasteiger partial charge in [0.2, 0.25) is 0 Å². The molecule has 2 rings (SSSR count). The topological polar surface area (TPSA) is 20.2 Å². The molecule has 0 aromatic heterocycles. The Morgan fingerprint density at radius 1 is 1.12 bits per heavy atom. The summed E-state index contributed by atoms with van der Waals surface area (Å²) in [6, 6.07) is 0. The smallest absolute Gasteiger partial charge is 0.0677 e. The fourth-order valence-electron chi connectivity index (χ4n) is 3.63. The van der Waals surface area contributed by atoms with Crippen molar-refractivity contribution >= 4 is 0 Å². The molecule has 2 aliphatic carbocycles. The molecule has 0 aromatic rings. The second-order valence-corrected chi connectivity index (χ2v) is 5.58. The van der Waals surface area contributed by atoms with Crippen molar-refractivity contribution in [2.24, 2.45) is 17.8 Å². The summed E-state index contributed by atoms with van der Waals surface area (Å²) in [7, 11) is 0. The molecule has 2 aliphatic rings. The Balaban J connectivity index is 1.85. The van der Waals surface area contributed by atoms with Crippen LogP contribution in [-0.4, -0.2) is 11.2 Å². The molecule has 1 heteroatoms. The summed E-state index contributed by atoms with van der Waals surface area (Å²) >= 11 is 0. The Morgan fingerprint density at radius 2 is 1.88 bits per heavy atom. The molecule has 0 radical (unpaired) electrons. The maximum atomic E-state index is 10.1. The van der Waals surface area contributed by atoms with Crippen molar-refractivity contribution in [2.45, 2.75) is 64.4 Å². The molecule has 0 spiro atoms. The van der Waals surface area contributed by atoms with Crippen molar-refractivity contribution in [3.8, 4) is 11.8 Å². The zero-order valence-electron chi connectivity index (χ0n) is 10.4. The van der Waals surface area contributed by atoms with Crippen LogP contribution < -0.4 is 0 Å². The van der Waals surface area contributed by atoms with E-state index < -0.39 is 0 Å². The highest BCUT2D eigenvalue weighted by atomic mass is 16.3. The van der Waals surface area contributed by atoms with E-state index in [-0.39, 0.29) is 6.10 Å². The summed E-state index contributed by atoms with van der Waals surface area (Å²) < 4.78 is 0. The van der Waals surface area contributed by atoms with Crippen LogP contribution in [0.5, 0.6) is 0 Å². The molecule has 0 heterocycles. The van der Waals surface area contributed by atoms with Gasteiger partial charge in [-0.1, -0.05) is 25.7 Å². The minimum Gasteiger partial charge on any atom is -0.392 e. The van der Waals surface area contributed by atoms with E-state index in [9.17, 15) is 5.11 Å². The summed E-state index contributed by atoms with van der Waals surface area (Å²) in [4.78, 5) is 0. The van der Waals surface area contributed by atoms with Gasteiger partial charge < -0.3 is 5.11 Å². The van der Waals surface area contributed by atoms with Crippen LogP contribution in [0, 0.1) is 29.6 Å². The SMILES string of the molecule is CC#CCC(O)C1CCC2CCCCC2C1. The third-order valence-electron chi connectivity index (χ3n) is 4.61. The van der Waals surface area contributed by atoms with E-state index >= 15 is 0 Å². The van der Waals surface area contributed by atoms with Gasteiger partial charge in [-0.25, -0.2) is 0 Å². The van der Waals surface area contributed by atoms with Crippen LogP contribution in [0.1, 0.15) is 58.3 Å². The van der Waals surface area contributed by atoms with E-state index in [1.54, 1.807) is 0 Å². The van der Waals surface area contributed by atoms with E-state index in [0.717, 1.165) is 11.8 Å². The minimum atomic E-state index is -0.171. The first-order valence-electron chi connectivity index (χ1n) is 6.89. The molecule has 0 amide bonds. The van der Waals surface area contributed by atoms with Gasteiger partial charge in [-0.05, 0) is 43.9 Å². The summed E-state index contributed by atoms with van der Waals surface area (Å²) in [6.07, 6.45) is 10.1. The lowest BCUT2D eigenvalue weighted by molar-refractivity contribution is 0.0386. The zero-order valence-corrected chi connectivity index (χ0v) is 10.4. The summed E-state index contributed by atoms with van der Waals surface area (Å²) in [5.41, 5.74) is 0. The molecule has 16 heavy (non-hydrogen) atoms. The number of fused-ring (bicyclic) bond motifs is 1. The number of aliphatic hydroxyl groups excluding tert-OH is 1. The number of rotatable bonds is 2. The first-order chi connectivity index (χ1) is 7.81. The number of aliphatic hydroxyl groups is 1. The highest BCUT2D eigenvalue weighted by molar-refractivity contribution is 4.98. The van der Waals surface area contributed by atoms with Gasteiger partial charge in [-0.3, -0.25) is 0 Å². The summed E-state index contributed by atoms with van der Waals surface area (Å²) in [5, 5.41) is 10.1. The Morgan fingerprint density at radius 3 is 2.62 bits per heavy atom. The Hall–Kier alpha value is -0.480. The van der Waals surface area contributed by atoms with Crippen LogP contribution in [-0.2, 0) is 0 Å².